The van der Waals surface area contributed by atoms with Crippen molar-refractivity contribution < 1.29 is 27.6 Å². The molecule has 2 aromatic carbocycles. The Morgan fingerprint density at radius 1 is 1.09 bits per heavy atom. The van der Waals surface area contributed by atoms with Crippen molar-refractivity contribution in [2.24, 2.45) is 21.7 Å². The molecule has 2 unspecified atom stereocenters. The summed E-state index contributed by atoms with van der Waals surface area (Å²) in [6, 6.07) is 13.4. The van der Waals surface area contributed by atoms with Gasteiger partial charge in [-0.05, 0) is 86.3 Å². The highest BCUT2D eigenvalue weighted by molar-refractivity contribution is 5.96. The van der Waals surface area contributed by atoms with E-state index in [1.54, 1.807) is 13.1 Å². The zero-order valence-corrected chi connectivity index (χ0v) is 26.7. The van der Waals surface area contributed by atoms with E-state index in [-0.39, 0.29) is 68.8 Å². The first-order valence-corrected chi connectivity index (χ1v) is 16.1. The first-order chi connectivity index (χ1) is 22.4. The van der Waals surface area contributed by atoms with Crippen molar-refractivity contribution in [2.45, 2.75) is 58.0 Å². The van der Waals surface area contributed by atoms with Gasteiger partial charge in [-0.25, -0.2) is 0 Å². The van der Waals surface area contributed by atoms with Crippen molar-refractivity contribution in [1.29, 1.82) is 0 Å². The van der Waals surface area contributed by atoms with E-state index < -0.39 is 23.6 Å². The number of carbonyl (C=O) groups excluding carboxylic acids is 3. The molecule has 0 saturated carbocycles. The average molecular weight is 651 g/mol. The second-order valence-corrected chi connectivity index (χ2v) is 13.6. The molecule has 4 aliphatic rings. The summed E-state index contributed by atoms with van der Waals surface area (Å²) >= 11 is 0. The third-order valence-corrected chi connectivity index (χ3v) is 10.2. The van der Waals surface area contributed by atoms with Crippen LogP contribution in [0, 0.1) is 16.7 Å². The summed E-state index contributed by atoms with van der Waals surface area (Å²) in [5.41, 5.74) is 2.99. The van der Waals surface area contributed by atoms with Crippen LogP contribution in [0.4, 0.5) is 18.9 Å². The number of benzene rings is 2. The summed E-state index contributed by atoms with van der Waals surface area (Å²) in [5, 5.41) is 9.12. The van der Waals surface area contributed by atoms with E-state index in [1.807, 2.05) is 61.7 Å². The lowest BCUT2D eigenvalue weighted by molar-refractivity contribution is -0.156. The highest BCUT2D eigenvalue weighted by Gasteiger charge is 2.57. The number of piperidine rings is 1. The highest BCUT2D eigenvalue weighted by atomic mass is 19.4. The summed E-state index contributed by atoms with van der Waals surface area (Å²) in [6.07, 6.45) is 2.74. The lowest BCUT2D eigenvalue weighted by atomic mass is 9.73. The van der Waals surface area contributed by atoms with E-state index in [4.69, 9.17) is 0 Å². The zero-order valence-electron chi connectivity index (χ0n) is 26.7. The molecular weight excluding hydrogens is 609 g/mol. The number of rotatable bonds is 9. The first kappa shape index (κ1) is 32.9. The summed E-state index contributed by atoms with van der Waals surface area (Å²) in [5.74, 6) is -0.682. The topological polar surface area (TPSA) is 106 Å². The van der Waals surface area contributed by atoms with E-state index in [2.05, 4.69) is 20.9 Å². The SMILES string of the molecule is CNCc1ccccc1CN(CC(=O)Nc1ccc2c(c1)C[C@@]1(C2)C(=O)NC2N=CC=CC21)C(=O)C1(C)CCN(CC(F)(F)F)CC1. The molecule has 0 bridgehead atoms. The van der Waals surface area contributed by atoms with Crippen LogP contribution in [0.1, 0.15) is 42.0 Å². The fraction of sp³-hybridized carbons (Fsp3) is 0.486. The molecule has 3 heterocycles. The van der Waals surface area contributed by atoms with E-state index in [9.17, 15) is 27.6 Å². The van der Waals surface area contributed by atoms with Gasteiger partial charge >= 0.3 is 6.18 Å². The number of likely N-dealkylation sites (tertiary alicyclic amines) is 1. The summed E-state index contributed by atoms with van der Waals surface area (Å²) in [7, 11) is 1.83. The minimum absolute atomic E-state index is 0.0107. The zero-order chi connectivity index (χ0) is 33.4. The number of hydrogen-bond donors (Lipinski definition) is 3. The summed E-state index contributed by atoms with van der Waals surface area (Å²) in [4.78, 5) is 48.2. The fourth-order valence-electron chi connectivity index (χ4n) is 7.64. The number of anilines is 1. The van der Waals surface area contributed by atoms with Gasteiger partial charge in [0.2, 0.25) is 17.7 Å². The molecule has 3 N–H and O–H groups in total. The number of nitrogens with zero attached hydrogens (tertiary/aromatic N) is 3. The van der Waals surface area contributed by atoms with Crippen LogP contribution in [0.2, 0.25) is 0 Å². The number of dihydropyridines is 1. The van der Waals surface area contributed by atoms with Gasteiger partial charge in [-0.3, -0.25) is 24.3 Å². The van der Waals surface area contributed by atoms with Crippen LogP contribution in [0.25, 0.3) is 0 Å². The maximum absolute atomic E-state index is 14.2. The van der Waals surface area contributed by atoms with E-state index in [1.165, 1.54) is 9.80 Å². The smallest absolute Gasteiger partial charge is 0.333 e. The Kier molecular flexibility index (Phi) is 9.01. The van der Waals surface area contributed by atoms with Gasteiger partial charge < -0.3 is 20.9 Å². The number of amides is 3. The van der Waals surface area contributed by atoms with Gasteiger partial charge in [0.1, 0.15) is 12.7 Å². The van der Waals surface area contributed by atoms with Crippen LogP contribution in [-0.4, -0.2) is 79.3 Å². The summed E-state index contributed by atoms with van der Waals surface area (Å²) in [6.45, 7) is 1.63. The maximum atomic E-state index is 14.2. The molecule has 9 nitrogen and oxygen atoms in total. The van der Waals surface area contributed by atoms with Crippen molar-refractivity contribution in [3.05, 3.63) is 76.9 Å². The third kappa shape index (κ3) is 6.85. The Morgan fingerprint density at radius 2 is 1.81 bits per heavy atom. The Morgan fingerprint density at radius 3 is 2.53 bits per heavy atom. The number of fused-ring (bicyclic) bond motifs is 3. The molecule has 2 fully saturated rings. The van der Waals surface area contributed by atoms with Crippen LogP contribution in [0.3, 0.4) is 0 Å². The van der Waals surface area contributed by atoms with E-state index >= 15 is 0 Å². The molecule has 0 aromatic heterocycles. The normalized spacial score (nSPS) is 24.6. The minimum atomic E-state index is -4.30. The van der Waals surface area contributed by atoms with Gasteiger partial charge in [-0.15, -0.1) is 0 Å². The number of nitrogens with one attached hydrogen (secondary N) is 3. The lowest BCUT2D eigenvalue weighted by Crippen LogP contribution is -2.51. The van der Waals surface area contributed by atoms with E-state index in [0.717, 1.165) is 22.3 Å². The molecular formula is C35H41F3N6O3. The predicted octanol–water partition coefficient (Wildman–Crippen LogP) is 3.84. The molecule has 250 valence electrons. The van der Waals surface area contributed by atoms with Crippen molar-refractivity contribution in [1.82, 2.24) is 20.4 Å². The standard InChI is InChI=1S/C35H41F3N6O3/c1-33(11-14-43(15-12-33)22-35(36,37)38)32(47)44(20-25-7-4-3-6-24(25)19-39-2)21-29(45)41-27-10-9-23-17-34(18-26(23)16-27)28-8-5-13-40-30(28)42-31(34)46/h3-10,13,16,28,30,39H,11-12,14-15,17-22H2,1-2H3,(H,41,45)(H,42,46)/t28?,30?,34-/m1/s1. The molecule has 12 heteroatoms. The number of allylic oxidation sites excluding steroid dienone is 1. The molecule has 47 heavy (non-hydrogen) atoms. The van der Waals surface area contributed by atoms with Crippen molar-refractivity contribution >= 4 is 29.6 Å². The molecule has 2 saturated heterocycles. The molecule has 3 atom stereocenters. The van der Waals surface area contributed by atoms with Crippen molar-refractivity contribution in [3.8, 4) is 0 Å². The summed E-state index contributed by atoms with van der Waals surface area (Å²) < 4.78 is 39.1. The molecule has 3 aliphatic heterocycles. The van der Waals surface area contributed by atoms with Gasteiger partial charge in [0, 0.05) is 36.3 Å². The Bertz CT molecular complexity index is 1600. The molecule has 1 aliphatic carbocycles. The monoisotopic (exact) mass is 650 g/mol. The largest absolute Gasteiger partial charge is 0.401 e. The van der Waals surface area contributed by atoms with Gasteiger partial charge in [-0.1, -0.05) is 43.3 Å². The number of carbonyl (C=O) groups is 3. The van der Waals surface area contributed by atoms with Crippen LogP contribution in [0.15, 0.2) is 59.6 Å². The number of hydrogen-bond acceptors (Lipinski definition) is 6. The van der Waals surface area contributed by atoms with Crippen LogP contribution in [0.5, 0.6) is 0 Å². The van der Waals surface area contributed by atoms with Gasteiger partial charge in [-0.2, -0.15) is 13.2 Å². The van der Waals surface area contributed by atoms with Crippen molar-refractivity contribution in [2.75, 3.05) is 38.5 Å². The Balaban J connectivity index is 1.17. The van der Waals surface area contributed by atoms with Gasteiger partial charge in [0.05, 0.1) is 12.0 Å². The predicted molar refractivity (Wildman–Crippen MR) is 172 cm³/mol. The first-order valence-electron chi connectivity index (χ1n) is 16.1. The van der Waals surface area contributed by atoms with Gasteiger partial charge in [0.25, 0.3) is 0 Å². The van der Waals surface area contributed by atoms with Crippen LogP contribution < -0.4 is 16.0 Å². The molecule has 2 aromatic rings. The lowest BCUT2D eigenvalue weighted by Gasteiger charge is -2.41. The molecule has 3 amide bonds. The average Bonchev–Trinajstić information content (AvgIpc) is 3.54. The molecule has 0 radical (unpaired) electrons. The quantitative estimate of drug-likeness (QED) is 0.383. The molecule has 1 spiro atoms. The fourth-order valence-corrected chi connectivity index (χ4v) is 7.64. The maximum Gasteiger partial charge on any atom is 0.401 e. The second-order valence-electron chi connectivity index (χ2n) is 13.6. The second kappa shape index (κ2) is 12.9. The van der Waals surface area contributed by atoms with E-state index in [0.29, 0.717) is 25.1 Å². The number of halogens is 3. The highest BCUT2D eigenvalue weighted by Crippen LogP contribution is 2.49. The molecule has 6 rings (SSSR count). The van der Waals surface area contributed by atoms with Crippen LogP contribution in [-0.2, 0) is 40.3 Å². The number of alkyl halides is 3. The van der Waals surface area contributed by atoms with Crippen molar-refractivity contribution in [3.63, 3.8) is 0 Å². The Labute approximate surface area is 272 Å². The number of aliphatic imine (C=N–C) groups is 1. The van der Waals surface area contributed by atoms with Crippen LogP contribution >= 0.6 is 0 Å². The third-order valence-electron chi connectivity index (χ3n) is 10.2. The Hall–Kier alpha value is -4.03. The van der Waals surface area contributed by atoms with Gasteiger partial charge in [0.15, 0.2) is 0 Å². The minimum Gasteiger partial charge on any atom is -0.333 e.